The van der Waals surface area contributed by atoms with Crippen molar-refractivity contribution >= 4 is 23.4 Å². The van der Waals surface area contributed by atoms with Gasteiger partial charge in [0.1, 0.15) is 5.60 Å². The molecule has 1 aromatic heterocycles. The third-order valence-corrected chi connectivity index (χ3v) is 4.18. The van der Waals surface area contributed by atoms with Gasteiger partial charge in [0.25, 0.3) is 0 Å². The Kier molecular flexibility index (Phi) is 5.74. The van der Waals surface area contributed by atoms with Gasteiger partial charge in [-0.15, -0.1) is 0 Å². The SMILES string of the molecule is Cc1cnc(Cl)c(NC2CCCC2CNC(=O)OC(C)(C)C)c1. The van der Waals surface area contributed by atoms with E-state index >= 15 is 0 Å². The van der Waals surface area contributed by atoms with Gasteiger partial charge in [-0.1, -0.05) is 18.0 Å². The molecule has 1 heterocycles. The number of nitrogens with zero attached hydrogens (tertiary/aromatic N) is 1. The zero-order chi connectivity index (χ0) is 17.0. The molecular formula is C17H26ClN3O2. The highest BCUT2D eigenvalue weighted by atomic mass is 35.5. The second-order valence-corrected chi connectivity index (χ2v) is 7.53. The standard InChI is InChI=1S/C17H26ClN3O2/c1-11-8-14(15(18)19-9-11)21-13-7-5-6-12(13)10-20-16(22)23-17(2,3)4/h8-9,12-13,21H,5-7,10H2,1-4H3,(H,20,22). The molecule has 2 unspecified atom stereocenters. The van der Waals surface area contributed by atoms with Crippen LogP contribution in [0.3, 0.4) is 0 Å². The van der Waals surface area contributed by atoms with Gasteiger partial charge in [0.15, 0.2) is 5.15 Å². The van der Waals surface area contributed by atoms with Crippen LogP contribution < -0.4 is 10.6 Å². The number of aryl methyl sites for hydroxylation is 1. The predicted octanol–water partition coefficient (Wildman–Crippen LogP) is 4.15. The largest absolute Gasteiger partial charge is 0.444 e. The second-order valence-electron chi connectivity index (χ2n) is 7.18. The van der Waals surface area contributed by atoms with Crippen LogP contribution in [0.4, 0.5) is 10.5 Å². The van der Waals surface area contributed by atoms with Crippen molar-refractivity contribution in [2.24, 2.45) is 5.92 Å². The number of ether oxygens (including phenoxy) is 1. The van der Waals surface area contributed by atoms with E-state index in [1.165, 1.54) is 0 Å². The van der Waals surface area contributed by atoms with Gasteiger partial charge in [-0.05, 0) is 58.1 Å². The van der Waals surface area contributed by atoms with E-state index in [4.69, 9.17) is 16.3 Å². The zero-order valence-corrected chi connectivity index (χ0v) is 15.0. The molecule has 0 radical (unpaired) electrons. The minimum atomic E-state index is -0.474. The fraction of sp³-hybridized carbons (Fsp3) is 0.647. The molecule has 2 atom stereocenters. The maximum atomic E-state index is 11.8. The molecule has 0 aromatic carbocycles. The number of nitrogens with one attached hydrogen (secondary N) is 2. The van der Waals surface area contributed by atoms with Gasteiger partial charge in [0, 0.05) is 18.8 Å². The van der Waals surface area contributed by atoms with E-state index in [1.54, 1.807) is 6.20 Å². The molecule has 0 aliphatic heterocycles. The first-order valence-electron chi connectivity index (χ1n) is 8.10. The van der Waals surface area contributed by atoms with Crippen LogP contribution in [0.1, 0.15) is 45.6 Å². The normalized spacial score (nSPS) is 21.1. The molecular weight excluding hydrogens is 314 g/mol. The summed E-state index contributed by atoms with van der Waals surface area (Å²) in [5.74, 6) is 0.360. The number of hydrogen-bond acceptors (Lipinski definition) is 4. The van der Waals surface area contributed by atoms with Gasteiger partial charge in [-0.25, -0.2) is 9.78 Å². The number of carbonyl (C=O) groups excluding carboxylic acids is 1. The number of alkyl carbamates (subject to hydrolysis) is 1. The molecule has 1 saturated carbocycles. The minimum Gasteiger partial charge on any atom is -0.444 e. The zero-order valence-electron chi connectivity index (χ0n) is 14.3. The number of anilines is 1. The van der Waals surface area contributed by atoms with Gasteiger partial charge in [0.05, 0.1) is 5.69 Å². The number of aromatic nitrogens is 1. The highest BCUT2D eigenvalue weighted by molar-refractivity contribution is 6.32. The first-order valence-corrected chi connectivity index (χ1v) is 8.48. The Morgan fingerprint density at radius 1 is 1.43 bits per heavy atom. The lowest BCUT2D eigenvalue weighted by atomic mass is 10.0. The van der Waals surface area contributed by atoms with Crippen LogP contribution in [0.2, 0.25) is 5.15 Å². The van der Waals surface area contributed by atoms with Crippen molar-refractivity contribution < 1.29 is 9.53 Å². The van der Waals surface area contributed by atoms with Crippen molar-refractivity contribution in [3.63, 3.8) is 0 Å². The first kappa shape index (κ1) is 17.9. The summed E-state index contributed by atoms with van der Waals surface area (Å²) in [5.41, 5.74) is 1.46. The Labute approximate surface area is 143 Å². The van der Waals surface area contributed by atoms with Crippen LogP contribution in [0.15, 0.2) is 12.3 Å². The van der Waals surface area contributed by atoms with Crippen LogP contribution in [0, 0.1) is 12.8 Å². The van der Waals surface area contributed by atoms with Gasteiger partial charge >= 0.3 is 6.09 Å². The van der Waals surface area contributed by atoms with Crippen molar-refractivity contribution in [3.05, 3.63) is 23.0 Å². The van der Waals surface area contributed by atoms with Crippen LogP contribution in [-0.2, 0) is 4.74 Å². The summed E-state index contributed by atoms with van der Waals surface area (Å²) in [5, 5.41) is 6.85. The Hall–Kier alpha value is -1.49. The van der Waals surface area contributed by atoms with E-state index in [0.717, 1.165) is 30.5 Å². The molecule has 0 saturated heterocycles. The molecule has 0 spiro atoms. The molecule has 1 aliphatic rings. The number of pyridine rings is 1. The van der Waals surface area contributed by atoms with E-state index in [-0.39, 0.29) is 12.1 Å². The number of rotatable bonds is 4. The molecule has 2 N–H and O–H groups in total. The van der Waals surface area contributed by atoms with E-state index in [0.29, 0.717) is 17.6 Å². The fourth-order valence-corrected chi connectivity index (χ4v) is 3.01. The van der Waals surface area contributed by atoms with Gasteiger partial charge < -0.3 is 15.4 Å². The van der Waals surface area contributed by atoms with Gasteiger partial charge in [-0.2, -0.15) is 0 Å². The Morgan fingerprint density at radius 3 is 2.87 bits per heavy atom. The lowest BCUT2D eigenvalue weighted by molar-refractivity contribution is 0.0519. The summed E-state index contributed by atoms with van der Waals surface area (Å²) in [4.78, 5) is 16.0. The van der Waals surface area contributed by atoms with E-state index in [2.05, 4.69) is 15.6 Å². The molecule has 2 rings (SSSR count). The van der Waals surface area contributed by atoms with Crippen molar-refractivity contribution in [1.82, 2.24) is 10.3 Å². The van der Waals surface area contributed by atoms with Crippen LogP contribution >= 0.6 is 11.6 Å². The Bertz CT molecular complexity index is 557. The molecule has 6 heteroatoms. The summed E-state index contributed by atoms with van der Waals surface area (Å²) < 4.78 is 5.28. The monoisotopic (exact) mass is 339 g/mol. The van der Waals surface area contributed by atoms with Crippen LogP contribution in [-0.4, -0.2) is 29.3 Å². The third-order valence-electron chi connectivity index (χ3n) is 3.88. The average Bonchev–Trinajstić information content (AvgIpc) is 2.86. The van der Waals surface area contributed by atoms with E-state index < -0.39 is 5.60 Å². The number of amides is 1. The van der Waals surface area contributed by atoms with Crippen LogP contribution in [0.5, 0.6) is 0 Å². The summed E-state index contributed by atoms with van der Waals surface area (Å²) in [7, 11) is 0. The Balaban J connectivity index is 1.90. The summed E-state index contributed by atoms with van der Waals surface area (Å²) >= 11 is 6.16. The van der Waals surface area contributed by atoms with Gasteiger partial charge in [0.2, 0.25) is 0 Å². The molecule has 0 bridgehead atoms. The summed E-state index contributed by atoms with van der Waals surface area (Å²) in [6, 6.07) is 2.29. The average molecular weight is 340 g/mol. The topological polar surface area (TPSA) is 63.2 Å². The van der Waals surface area contributed by atoms with Crippen molar-refractivity contribution in [3.8, 4) is 0 Å². The van der Waals surface area contributed by atoms with E-state index in [9.17, 15) is 4.79 Å². The summed E-state index contributed by atoms with van der Waals surface area (Å²) in [6.07, 6.45) is 4.66. The molecule has 1 aromatic rings. The number of halogens is 1. The maximum Gasteiger partial charge on any atom is 0.407 e. The predicted molar refractivity (Wildman–Crippen MR) is 93.0 cm³/mol. The van der Waals surface area contributed by atoms with Crippen molar-refractivity contribution in [2.75, 3.05) is 11.9 Å². The quantitative estimate of drug-likeness (QED) is 0.809. The summed E-state index contributed by atoms with van der Waals surface area (Å²) in [6.45, 7) is 8.17. The second kappa shape index (κ2) is 7.39. The molecule has 5 nitrogen and oxygen atoms in total. The van der Waals surface area contributed by atoms with E-state index in [1.807, 2.05) is 33.8 Å². The number of carbonyl (C=O) groups is 1. The minimum absolute atomic E-state index is 0.283. The lowest BCUT2D eigenvalue weighted by Gasteiger charge is -2.24. The van der Waals surface area contributed by atoms with Crippen LogP contribution in [0.25, 0.3) is 0 Å². The highest BCUT2D eigenvalue weighted by Gasteiger charge is 2.28. The molecule has 128 valence electrons. The molecule has 23 heavy (non-hydrogen) atoms. The first-order chi connectivity index (χ1) is 10.7. The molecule has 1 amide bonds. The fourth-order valence-electron chi connectivity index (χ4n) is 2.85. The maximum absolute atomic E-state index is 11.8. The molecule has 1 fully saturated rings. The van der Waals surface area contributed by atoms with Crippen molar-refractivity contribution in [2.45, 2.75) is 58.6 Å². The Morgan fingerprint density at radius 2 is 2.17 bits per heavy atom. The lowest BCUT2D eigenvalue weighted by Crippen LogP contribution is -2.38. The van der Waals surface area contributed by atoms with Crippen molar-refractivity contribution in [1.29, 1.82) is 0 Å². The van der Waals surface area contributed by atoms with Gasteiger partial charge in [-0.3, -0.25) is 0 Å². The smallest absolute Gasteiger partial charge is 0.407 e. The number of hydrogen-bond donors (Lipinski definition) is 2. The highest BCUT2D eigenvalue weighted by Crippen LogP contribution is 2.30. The molecule has 1 aliphatic carbocycles. The third kappa shape index (κ3) is 5.57.